The molecule has 2 rings (SSSR count). The fourth-order valence-electron chi connectivity index (χ4n) is 2.29. The summed E-state index contributed by atoms with van der Waals surface area (Å²) in [5.41, 5.74) is 4.12. The van der Waals surface area contributed by atoms with Crippen LogP contribution in [0.25, 0.3) is 0 Å². The molecule has 108 valence electrons. The third-order valence-corrected chi connectivity index (χ3v) is 3.28. The molecule has 0 aliphatic heterocycles. The second kappa shape index (κ2) is 7.05. The maximum Gasteiger partial charge on any atom is 0.247 e. The number of carbonyl (C=O) groups excluding carboxylic acids is 2. The molecule has 1 aromatic carbocycles. The van der Waals surface area contributed by atoms with E-state index >= 15 is 0 Å². The number of hydroxylamine groups is 1. The number of hydrogen-bond donors (Lipinski definition) is 2. The first-order valence-corrected chi connectivity index (χ1v) is 6.94. The maximum absolute atomic E-state index is 11.7. The molecule has 1 aliphatic carbocycles. The predicted octanol–water partition coefficient (Wildman–Crippen LogP) is 2.18. The zero-order valence-electron chi connectivity index (χ0n) is 11.6. The van der Waals surface area contributed by atoms with E-state index in [1.54, 1.807) is 12.1 Å². The fourth-order valence-corrected chi connectivity index (χ4v) is 2.29. The van der Waals surface area contributed by atoms with Gasteiger partial charge in [0.2, 0.25) is 11.8 Å². The van der Waals surface area contributed by atoms with Crippen molar-refractivity contribution in [1.82, 2.24) is 5.48 Å². The Morgan fingerprint density at radius 2 is 1.85 bits per heavy atom. The smallest absolute Gasteiger partial charge is 0.247 e. The van der Waals surface area contributed by atoms with Crippen molar-refractivity contribution in [3.63, 3.8) is 0 Å². The normalized spacial score (nSPS) is 15.1. The van der Waals surface area contributed by atoms with Crippen LogP contribution in [-0.4, -0.2) is 17.9 Å². The molecule has 0 unspecified atom stereocenters. The predicted molar refractivity (Wildman–Crippen MR) is 75.9 cm³/mol. The highest BCUT2D eigenvalue weighted by molar-refractivity contribution is 5.88. The Balaban J connectivity index is 1.76. The summed E-state index contributed by atoms with van der Waals surface area (Å²) in [6, 6.07) is 7.20. The SMILES string of the molecule is CC(=O)Nc1ccc(CC(=O)NOC2CCCC2)cc1. The lowest BCUT2D eigenvalue weighted by atomic mass is 10.1. The van der Waals surface area contributed by atoms with Crippen LogP contribution in [0.4, 0.5) is 5.69 Å². The van der Waals surface area contributed by atoms with E-state index in [4.69, 9.17) is 4.84 Å². The van der Waals surface area contributed by atoms with Gasteiger partial charge >= 0.3 is 0 Å². The molecule has 1 aliphatic rings. The van der Waals surface area contributed by atoms with Crippen LogP contribution in [0, 0.1) is 0 Å². The van der Waals surface area contributed by atoms with Crippen molar-refractivity contribution in [3.8, 4) is 0 Å². The molecule has 0 radical (unpaired) electrons. The minimum atomic E-state index is -0.149. The van der Waals surface area contributed by atoms with Crippen molar-refractivity contribution in [2.24, 2.45) is 0 Å². The fraction of sp³-hybridized carbons (Fsp3) is 0.467. The quantitative estimate of drug-likeness (QED) is 0.810. The van der Waals surface area contributed by atoms with Gasteiger partial charge in [-0.2, -0.15) is 0 Å². The number of hydrogen-bond acceptors (Lipinski definition) is 3. The van der Waals surface area contributed by atoms with E-state index in [1.807, 2.05) is 12.1 Å². The van der Waals surface area contributed by atoms with E-state index in [1.165, 1.54) is 19.8 Å². The lowest BCUT2D eigenvalue weighted by Crippen LogP contribution is -2.29. The van der Waals surface area contributed by atoms with E-state index in [9.17, 15) is 9.59 Å². The van der Waals surface area contributed by atoms with Gasteiger partial charge in [-0.05, 0) is 30.5 Å². The van der Waals surface area contributed by atoms with Gasteiger partial charge < -0.3 is 5.32 Å². The molecule has 0 spiro atoms. The van der Waals surface area contributed by atoms with Crippen LogP contribution in [0.15, 0.2) is 24.3 Å². The van der Waals surface area contributed by atoms with Crippen molar-refractivity contribution < 1.29 is 14.4 Å². The molecule has 0 atom stereocenters. The molecule has 1 saturated carbocycles. The Bertz CT molecular complexity index is 465. The third-order valence-electron chi connectivity index (χ3n) is 3.28. The van der Waals surface area contributed by atoms with E-state index in [0.717, 1.165) is 24.1 Å². The second-order valence-corrected chi connectivity index (χ2v) is 5.10. The van der Waals surface area contributed by atoms with Gasteiger partial charge in [-0.1, -0.05) is 25.0 Å². The third kappa shape index (κ3) is 4.66. The highest BCUT2D eigenvalue weighted by Crippen LogP contribution is 2.19. The molecule has 0 saturated heterocycles. The number of carbonyl (C=O) groups is 2. The summed E-state index contributed by atoms with van der Waals surface area (Å²) in [7, 11) is 0. The molecule has 1 aromatic rings. The Hall–Kier alpha value is -1.88. The first kappa shape index (κ1) is 14.5. The summed E-state index contributed by atoms with van der Waals surface area (Å²) in [5.74, 6) is -0.260. The van der Waals surface area contributed by atoms with Gasteiger partial charge in [0.1, 0.15) is 0 Å². The minimum Gasteiger partial charge on any atom is -0.326 e. The number of anilines is 1. The van der Waals surface area contributed by atoms with Gasteiger partial charge in [-0.15, -0.1) is 0 Å². The zero-order chi connectivity index (χ0) is 14.4. The lowest BCUT2D eigenvalue weighted by molar-refractivity contribution is -0.137. The number of benzene rings is 1. The van der Waals surface area contributed by atoms with Crippen molar-refractivity contribution in [2.75, 3.05) is 5.32 Å². The van der Waals surface area contributed by atoms with Crippen LogP contribution < -0.4 is 10.8 Å². The Morgan fingerprint density at radius 3 is 2.45 bits per heavy atom. The molecule has 2 amide bonds. The average Bonchev–Trinajstić information content (AvgIpc) is 2.91. The van der Waals surface area contributed by atoms with Crippen LogP contribution in [0.2, 0.25) is 0 Å². The van der Waals surface area contributed by atoms with Crippen LogP contribution >= 0.6 is 0 Å². The van der Waals surface area contributed by atoms with Crippen LogP contribution in [-0.2, 0) is 20.8 Å². The van der Waals surface area contributed by atoms with Gasteiger partial charge in [-0.3, -0.25) is 14.4 Å². The summed E-state index contributed by atoms with van der Waals surface area (Å²) in [6.45, 7) is 1.46. The molecule has 5 nitrogen and oxygen atoms in total. The number of nitrogens with one attached hydrogen (secondary N) is 2. The number of amides is 2. The summed E-state index contributed by atoms with van der Waals surface area (Å²) >= 11 is 0. The highest BCUT2D eigenvalue weighted by atomic mass is 16.7. The molecular weight excluding hydrogens is 256 g/mol. The average molecular weight is 276 g/mol. The van der Waals surface area contributed by atoms with E-state index < -0.39 is 0 Å². The Labute approximate surface area is 118 Å². The summed E-state index contributed by atoms with van der Waals surface area (Å²) in [5, 5.41) is 2.68. The van der Waals surface area contributed by atoms with Crippen LogP contribution in [0.3, 0.4) is 0 Å². The van der Waals surface area contributed by atoms with Crippen molar-refractivity contribution in [3.05, 3.63) is 29.8 Å². The Kier molecular flexibility index (Phi) is 5.12. The van der Waals surface area contributed by atoms with Gasteiger partial charge in [0.15, 0.2) is 0 Å². The largest absolute Gasteiger partial charge is 0.326 e. The molecule has 0 aromatic heterocycles. The first-order chi connectivity index (χ1) is 9.63. The topological polar surface area (TPSA) is 67.4 Å². The van der Waals surface area contributed by atoms with Crippen molar-refractivity contribution >= 4 is 17.5 Å². The molecule has 5 heteroatoms. The van der Waals surface area contributed by atoms with Crippen LogP contribution in [0.1, 0.15) is 38.2 Å². The standard InChI is InChI=1S/C15H20N2O3/c1-11(18)16-13-8-6-12(7-9-13)10-15(19)17-20-14-4-2-3-5-14/h6-9,14H,2-5,10H2,1H3,(H,16,18)(H,17,19). The molecular formula is C15H20N2O3. The zero-order valence-corrected chi connectivity index (χ0v) is 11.6. The summed E-state index contributed by atoms with van der Waals surface area (Å²) in [6.07, 6.45) is 4.82. The van der Waals surface area contributed by atoms with Gasteiger partial charge in [-0.25, -0.2) is 5.48 Å². The van der Waals surface area contributed by atoms with Crippen molar-refractivity contribution in [2.45, 2.75) is 45.1 Å². The lowest BCUT2D eigenvalue weighted by Gasteiger charge is -2.11. The first-order valence-electron chi connectivity index (χ1n) is 6.94. The summed E-state index contributed by atoms with van der Waals surface area (Å²) in [4.78, 5) is 28.0. The van der Waals surface area contributed by atoms with Crippen LogP contribution in [0.5, 0.6) is 0 Å². The van der Waals surface area contributed by atoms with E-state index in [0.29, 0.717) is 0 Å². The van der Waals surface area contributed by atoms with Gasteiger partial charge in [0.25, 0.3) is 0 Å². The van der Waals surface area contributed by atoms with Gasteiger partial charge in [0, 0.05) is 12.6 Å². The number of rotatable bonds is 5. The highest BCUT2D eigenvalue weighted by Gasteiger charge is 2.16. The second-order valence-electron chi connectivity index (χ2n) is 5.10. The summed E-state index contributed by atoms with van der Waals surface area (Å²) < 4.78 is 0. The molecule has 2 N–H and O–H groups in total. The maximum atomic E-state index is 11.7. The Morgan fingerprint density at radius 1 is 1.20 bits per heavy atom. The minimum absolute atomic E-state index is 0.111. The monoisotopic (exact) mass is 276 g/mol. The molecule has 0 bridgehead atoms. The van der Waals surface area contributed by atoms with E-state index in [-0.39, 0.29) is 24.3 Å². The van der Waals surface area contributed by atoms with Gasteiger partial charge in [0.05, 0.1) is 12.5 Å². The molecule has 1 fully saturated rings. The van der Waals surface area contributed by atoms with Crippen molar-refractivity contribution in [1.29, 1.82) is 0 Å². The molecule has 0 heterocycles. The van der Waals surface area contributed by atoms with E-state index in [2.05, 4.69) is 10.8 Å². The molecule has 20 heavy (non-hydrogen) atoms.